The number of imide groups is 1. The van der Waals surface area contributed by atoms with Crippen LogP contribution in [0.5, 0.6) is 0 Å². The predicted octanol–water partition coefficient (Wildman–Crippen LogP) is 7.30. The van der Waals surface area contributed by atoms with Crippen LogP contribution >= 0.6 is 0 Å². The van der Waals surface area contributed by atoms with Gasteiger partial charge in [-0.3, -0.25) is 19.3 Å². The van der Waals surface area contributed by atoms with E-state index in [4.69, 9.17) is 5.73 Å². The molecule has 3 amide bonds. The van der Waals surface area contributed by atoms with E-state index < -0.39 is 5.41 Å². The van der Waals surface area contributed by atoms with Crippen molar-refractivity contribution < 1.29 is 14.4 Å². The zero-order valence-electron chi connectivity index (χ0n) is 29.5. The molecular formula is C42H56N4O3. The number of hydrogen-bond donors (Lipinski definition) is 1. The second-order valence-electron chi connectivity index (χ2n) is 14.2. The summed E-state index contributed by atoms with van der Waals surface area (Å²) in [4.78, 5) is 44.6. The summed E-state index contributed by atoms with van der Waals surface area (Å²) in [7, 11) is 2.13. The number of unbranched alkanes of at least 4 members (excludes halogenated alkanes) is 9. The minimum Gasteiger partial charge on any atom is -0.369 e. The number of hydrogen-bond acceptors (Lipinski definition) is 5. The quantitative estimate of drug-likeness (QED) is 0.0954. The standard InChI is InChI=1S/C42H56N4O3/c1-44(29-20-31-46-39(47)37-25-16-17-26-38(37)40(46)48)28-18-8-6-4-2-3-5-7-9-19-30-45-32-27-36(33-45)42(41(43)49,34-21-12-10-13-22-34)35-23-14-11-15-24-35/h10-17,21-26,36H,2-9,18-20,27-33H2,1H3,(H2,43,49). The minimum absolute atomic E-state index is 0.156. The molecule has 2 aliphatic heterocycles. The van der Waals surface area contributed by atoms with Crippen LogP contribution in [0.2, 0.25) is 0 Å². The summed E-state index contributed by atoms with van der Waals surface area (Å²) >= 11 is 0. The first-order valence-corrected chi connectivity index (χ1v) is 18.7. The number of carbonyl (C=O) groups is 3. The number of fused-ring (bicyclic) bond motifs is 1. The van der Waals surface area contributed by atoms with E-state index in [9.17, 15) is 14.4 Å². The maximum absolute atomic E-state index is 13.3. The average molecular weight is 665 g/mol. The molecule has 2 aliphatic rings. The highest BCUT2D eigenvalue weighted by molar-refractivity contribution is 6.21. The van der Waals surface area contributed by atoms with Crippen LogP contribution in [0.15, 0.2) is 84.9 Å². The van der Waals surface area contributed by atoms with Crippen LogP contribution < -0.4 is 5.73 Å². The van der Waals surface area contributed by atoms with E-state index in [-0.39, 0.29) is 23.6 Å². The molecule has 7 nitrogen and oxygen atoms in total. The third-order valence-corrected chi connectivity index (χ3v) is 10.8. The van der Waals surface area contributed by atoms with E-state index in [0.29, 0.717) is 17.7 Å². The van der Waals surface area contributed by atoms with Gasteiger partial charge in [0.2, 0.25) is 5.91 Å². The number of nitrogens with two attached hydrogens (primary N) is 1. The van der Waals surface area contributed by atoms with Gasteiger partial charge in [-0.2, -0.15) is 0 Å². The fraction of sp³-hybridized carbons (Fsp3) is 0.500. The first-order valence-electron chi connectivity index (χ1n) is 18.7. The van der Waals surface area contributed by atoms with Gasteiger partial charge in [-0.1, -0.05) is 124 Å². The zero-order chi connectivity index (χ0) is 34.5. The number of carbonyl (C=O) groups excluding carboxylic acids is 3. The van der Waals surface area contributed by atoms with Crippen LogP contribution in [-0.2, 0) is 10.2 Å². The van der Waals surface area contributed by atoms with Crippen molar-refractivity contribution in [3.05, 3.63) is 107 Å². The van der Waals surface area contributed by atoms with Gasteiger partial charge < -0.3 is 15.5 Å². The Bertz CT molecular complexity index is 1420. The lowest BCUT2D eigenvalue weighted by Crippen LogP contribution is -2.49. The van der Waals surface area contributed by atoms with Crippen molar-refractivity contribution in [3.63, 3.8) is 0 Å². The Labute approximate surface area is 293 Å². The van der Waals surface area contributed by atoms with Crippen LogP contribution in [0.3, 0.4) is 0 Å². The van der Waals surface area contributed by atoms with E-state index in [1.807, 2.05) is 48.5 Å². The predicted molar refractivity (Wildman–Crippen MR) is 197 cm³/mol. The lowest BCUT2D eigenvalue weighted by Gasteiger charge is -2.37. The molecule has 2 heterocycles. The Kier molecular flexibility index (Phi) is 13.6. The fourth-order valence-corrected chi connectivity index (χ4v) is 8.10. The summed E-state index contributed by atoms with van der Waals surface area (Å²) in [6, 6.07) is 27.4. The zero-order valence-corrected chi connectivity index (χ0v) is 29.5. The van der Waals surface area contributed by atoms with Gasteiger partial charge in [0.15, 0.2) is 0 Å². The number of likely N-dealkylation sites (tertiary alicyclic amines) is 1. The first kappa shape index (κ1) is 36.5. The molecular weight excluding hydrogens is 608 g/mol. The number of nitrogens with zero attached hydrogens (tertiary/aromatic N) is 3. The van der Waals surface area contributed by atoms with Crippen LogP contribution in [0.25, 0.3) is 0 Å². The molecule has 3 aromatic rings. The van der Waals surface area contributed by atoms with E-state index >= 15 is 0 Å². The molecule has 1 saturated heterocycles. The highest BCUT2D eigenvalue weighted by atomic mass is 16.2. The number of rotatable bonds is 21. The second-order valence-corrected chi connectivity index (χ2v) is 14.2. The lowest BCUT2D eigenvalue weighted by molar-refractivity contribution is -0.123. The lowest BCUT2D eigenvalue weighted by atomic mass is 9.64. The van der Waals surface area contributed by atoms with Gasteiger partial charge in [0.1, 0.15) is 5.41 Å². The van der Waals surface area contributed by atoms with Gasteiger partial charge in [-0.25, -0.2) is 0 Å². The minimum atomic E-state index is -0.806. The van der Waals surface area contributed by atoms with E-state index in [2.05, 4.69) is 41.1 Å². The van der Waals surface area contributed by atoms with Gasteiger partial charge in [-0.15, -0.1) is 0 Å². The van der Waals surface area contributed by atoms with Crippen molar-refractivity contribution in [3.8, 4) is 0 Å². The Balaban J connectivity index is 0.888. The van der Waals surface area contributed by atoms with Crippen LogP contribution in [-0.4, -0.2) is 78.7 Å². The molecule has 1 unspecified atom stereocenters. The summed E-state index contributed by atoms with van der Waals surface area (Å²) in [5, 5.41) is 0. The second kappa shape index (κ2) is 18.3. The molecule has 3 aromatic carbocycles. The smallest absolute Gasteiger partial charge is 0.261 e. The molecule has 1 fully saturated rings. The molecule has 0 aliphatic carbocycles. The third kappa shape index (κ3) is 9.06. The number of primary amides is 1. The van der Waals surface area contributed by atoms with Crippen molar-refractivity contribution in [1.29, 1.82) is 0 Å². The average Bonchev–Trinajstić information content (AvgIpc) is 3.68. The van der Waals surface area contributed by atoms with Gasteiger partial charge in [0.25, 0.3) is 11.8 Å². The van der Waals surface area contributed by atoms with Crippen molar-refractivity contribution in [2.24, 2.45) is 11.7 Å². The van der Waals surface area contributed by atoms with Crippen molar-refractivity contribution in [1.82, 2.24) is 14.7 Å². The topological polar surface area (TPSA) is 86.9 Å². The van der Waals surface area contributed by atoms with Gasteiger partial charge >= 0.3 is 0 Å². The largest absolute Gasteiger partial charge is 0.369 e. The summed E-state index contributed by atoms with van der Waals surface area (Å²) in [6.07, 6.45) is 14.5. The summed E-state index contributed by atoms with van der Waals surface area (Å²) < 4.78 is 0. The fourth-order valence-electron chi connectivity index (χ4n) is 8.10. The monoisotopic (exact) mass is 664 g/mol. The molecule has 0 spiro atoms. The Hall–Kier alpha value is -3.81. The molecule has 0 bridgehead atoms. The SMILES string of the molecule is CN(CCCCCCCCCCCCN1CCC(C(C(N)=O)(c2ccccc2)c2ccccc2)C1)CCCN1C(=O)c2ccccc2C1=O. The molecule has 5 rings (SSSR count). The molecule has 2 N–H and O–H groups in total. The highest BCUT2D eigenvalue weighted by Crippen LogP contribution is 2.43. The summed E-state index contributed by atoms with van der Waals surface area (Å²) in [5.74, 6) is -0.403. The maximum Gasteiger partial charge on any atom is 0.261 e. The Morgan fingerprint density at radius 1 is 0.673 bits per heavy atom. The Morgan fingerprint density at radius 2 is 1.14 bits per heavy atom. The molecule has 49 heavy (non-hydrogen) atoms. The van der Waals surface area contributed by atoms with E-state index in [1.165, 1.54) is 69.1 Å². The van der Waals surface area contributed by atoms with Gasteiger partial charge in [-0.05, 0) is 88.1 Å². The van der Waals surface area contributed by atoms with Gasteiger partial charge in [0.05, 0.1) is 11.1 Å². The molecule has 1 atom stereocenters. The molecule has 0 radical (unpaired) electrons. The van der Waals surface area contributed by atoms with Crippen molar-refractivity contribution in [2.75, 3.05) is 46.3 Å². The van der Waals surface area contributed by atoms with E-state index in [1.54, 1.807) is 12.1 Å². The molecule has 0 aromatic heterocycles. The van der Waals surface area contributed by atoms with Crippen LogP contribution in [0.4, 0.5) is 0 Å². The normalized spacial score (nSPS) is 16.5. The van der Waals surface area contributed by atoms with Crippen LogP contribution in [0, 0.1) is 5.92 Å². The number of benzene rings is 3. The summed E-state index contributed by atoms with van der Waals surface area (Å²) in [5.41, 5.74) is 8.53. The van der Waals surface area contributed by atoms with Crippen LogP contribution in [0.1, 0.15) is 109 Å². The third-order valence-electron chi connectivity index (χ3n) is 10.8. The first-order chi connectivity index (χ1) is 23.9. The summed E-state index contributed by atoms with van der Waals surface area (Å²) in [6.45, 7) is 5.44. The maximum atomic E-state index is 13.3. The van der Waals surface area contributed by atoms with E-state index in [0.717, 1.165) is 56.7 Å². The Morgan fingerprint density at radius 3 is 1.67 bits per heavy atom. The number of amides is 3. The van der Waals surface area contributed by atoms with Crippen molar-refractivity contribution >= 4 is 17.7 Å². The van der Waals surface area contributed by atoms with Crippen molar-refractivity contribution in [2.45, 2.75) is 82.5 Å². The van der Waals surface area contributed by atoms with Gasteiger partial charge in [0, 0.05) is 13.1 Å². The molecule has 7 heteroatoms. The highest BCUT2D eigenvalue weighted by Gasteiger charge is 2.49. The molecule has 262 valence electrons. The molecule has 0 saturated carbocycles.